The van der Waals surface area contributed by atoms with Crippen molar-refractivity contribution in [3.63, 3.8) is 0 Å². The van der Waals surface area contributed by atoms with Gasteiger partial charge in [0.05, 0.1) is 6.61 Å². The van der Waals surface area contributed by atoms with Gasteiger partial charge < -0.3 is 4.74 Å². The molecule has 1 aliphatic heterocycles. The topological polar surface area (TPSA) is 21.3 Å². The lowest BCUT2D eigenvalue weighted by atomic mass is 9.99. The summed E-state index contributed by atoms with van der Waals surface area (Å²) < 4.78 is 5.69. The Balaban J connectivity index is 2.04. The van der Waals surface area contributed by atoms with Gasteiger partial charge in [0.1, 0.15) is 6.23 Å². The van der Waals surface area contributed by atoms with Gasteiger partial charge in [-0.15, -0.1) is 0 Å². The second-order valence-electron chi connectivity index (χ2n) is 4.16. The van der Waals surface area contributed by atoms with Crippen molar-refractivity contribution in [3.8, 4) is 11.1 Å². The molecular formula is C15H15NO. The summed E-state index contributed by atoms with van der Waals surface area (Å²) in [4.78, 5) is 0. The van der Waals surface area contributed by atoms with E-state index in [1.807, 2.05) is 6.07 Å². The van der Waals surface area contributed by atoms with Crippen molar-refractivity contribution in [3.05, 3.63) is 60.2 Å². The maximum absolute atomic E-state index is 5.69. The summed E-state index contributed by atoms with van der Waals surface area (Å²) in [5, 5.41) is 3.36. The van der Waals surface area contributed by atoms with Crippen molar-refractivity contribution < 1.29 is 4.74 Å². The molecule has 0 bridgehead atoms. The molecule has 1 heterocycles. The van der Waals surface area contributed by atoms with E-state index in [1.165, 1.54) is 16.7 Å². The number of nitrogens with one attached hydrogen (secondary N) is 1. The van der Waals surface area contributed by atoms with Gasteiger partial charge in [0.25, 0.3) is 0 Å². The van der Waals surface area contributed by atoms with Crippen molar-refractivity contribution in [2.24, 2.45) is 0 Å². The molecule has 0 saturated carbocycles. The molecule has 1 N–H and O–H groups in total. The van der Waals surface area contributed by atoms with Crippen molar-refractivity contribution in [1.29, 1.82) is 0 Å². The first-order valence-electron chi connectivity index (χ1n) is 5.94. The normalized spacial score (nSPS) is 19.4. The quantitative estimate of drug-likeness (QED) is 0.848. The molecule has 0 radical (unpaired) electrons. The second kappa shape index (κ2) is 4.70. The standard InChI is InChI=1S/C15H15NO/c1-2-6-12(7-3-1)13-8-4-5-9-14(13)15-16-10-11-17-15/h1-9,15-16H,10-11H2. The molecule has 2 aromatic carbocycles. The number of ether oxygens (including phenoxy) is 1. The van der Waals surface area contributed by atoms with Gasteiger partial charge in [-0.1, -0.05) is 54.6 Å². The second-order valence-corrected chi connectivity index (χ2v) is 4.16. The SMILES string of the molecule is c1ccc(-c2ccccc2C2NCCO2)cc1. The van der Waals surface area contributed by atoms with Crippen LogP contribution in [0.15, 0.2) is 54.6 Å². The summed E-state index contributed by atoms with van der Waals surface area (Å²) in [5.41, 5.74) is 3.70. The molecule has 0 amide bonds. The lowest BCUT2D eigenvalue weighted by Crippen LogP contribution is -2.14. The van der Waals surface area contributed by atoms with Gasteiger partial charge in [-0.05, 0) is 11.1 Å². The van der Waals surface area contributed by atoms with Crippen LogP contribution in [0.25, 0.3) is 11.1 Å². The first kappa shape index (κ1) is 10.5. The van der Waals surface area contributed by atoms with E-state index in [4.69, 9.17) is 4.74 Å². The highest BCUT2D eigenvalue weighted by atomic mass is 16.5. The van der Waals surface area contributed by atoms with Crippen LogP contribution in [0.3, 0.4) is 0 Å². The van der Waals surface area contributed by atoms with E-state index in [-0.39, 0.29) is 6.23 Å². The molecule has 1 fully saturated rings. The largest absolute Gasteiger partial charge is 0.358 e. The number of benzene rings is 2. The van der Waals surface area contributed by atoms with Crippen LogP contribution in [0.5, 0.6) is 0 Å². The molecule has 1 atom stereocenters. The van der Waals surface area contributed by atoms with E-state index >= 15 is 0 Å². The van der Waals surface area contributed by atoms with E-state index in [9.17, 15) is 0 Å². The Hall–Kier alpha value is -1.64. The third-order valence-electron chi connectivity index (χ3n) is 3.04. The van der Waals surface area contributed by atoms with Crippen LogP contribution in [-0.2, 0) is 4.74 Å². The van der Waals surface area contributed by atoms with Crippen LogP contribution in [0, 0.1) is 0 Å². The highest BCUT2D eigenvalue weighted by Crippen LogP contribution is 2.29. The Labute approximate surface area is 101 Å². The van der Waals surface area contributed by atoms with Crippen LogP contribution in [0.4, 0.5) is 0 Å². The summed E-state index contributed by atoms with van der Waals surface area (Å²) in [7, 11) is 0. The van der Waals surface area contributed by atoms with E-state index < -0.39 is 0 Å². The molecule has 17 heavy (non-hydrogen) atoms. The van der Waals surface area contributed by atoms with Gasteiger partial charge in [-0.3, -0.25) is 5.32 Å². The van der Waals surface area contributed by atoms with Gasteiger partial charge in [0, 0.05) is 12.1 Å². The van der Waals surface area contributed by atoms with Crippen molar-refractivity contribution in [2.75, 3.05) is 13.2 Å². The van der Waals surface area contributed by atoms with Crippen LogP contribution >= 0.6 is 0 Å². The zero-order chi connectivity index (χ0) is 11.5. The molecule has 0 spiro atoms. The molecule has 2 aromatic rings. The smallest absolute Gasteiger partial charge is 0.135 e. The fourth-order valence-corrected chi connectivity index (χ4v) is 2.23. The van der Waals surface area contributed by atoms with Gasteiger partial charge in [-0.25, -0.2) is 0 Å². The fourth-order valence-electron chi connectivity index (χ4n) is 2.23. The first-order valence-corrected chi connectivity index (χ1v) is 5.94. The average molecular weight is 225 g/mol. The van der Waals surface area contributed by atoms with E-state index in [0.717, 1.165) is 13.2 Å². The summed E-state index contributed by atoms with van der Waals surface area (Å²) >= 11 is 0. The Morgan fingerprint density at radius 2 is 1.71 bits per heavy atom. The molecule has 3 rings (SSSR count). The monoisotopic (exact) mass is 225 g/mol. The fraction of sp³-hybridized carbons (Fsp3) is 0.200. The maximum atomic E-state index is 5.69. The third-order valence-corrected chi connectivity index (χ3v) is 3.04. The summed E-state index contributed by atoms with van der Waals surface area (Å²) in [6.07, 6.45) is 0.0337. The van der Waals surface area contributed by atoms with Gasteiger partial charge in [0.2, 0.25) is 0 Å². The predicted octanol–water partition coefficient (Wildman–Crippen LogP) is 2.97. The minimum Gasteiger partial charge on any atom is -0.358 e. The van der Waals surface area contributed by atoms with Gasteiger partial charge in [0.15, 0.2) is 0 Å². The molecule has 0 aliphatic carbocycles. The molecule has 1 aliphatic rings. The van der Waals surface area contributed by atoms with Gasteiger partial charge in [-0.2, -0.15) is 0 Å². The number of hydrogen-bond acceptors (Lipinski definition) is 2. The molecular weight excluding hydrogens is 210 g/mol. The Bertz CT molecular complexity index is 489. The van der Waals surface area contributed by atoms with Crippen molar-refractivity contribution in [2.45, 2.75) is 6.23 Å². The zero-order valence-corrected chi connectivity index (χ0v) is 9.60. The highest BCUT2D eigenvalue weighted by Gasteiger charge is 2.19. The van der Waals surface area contributed by atoms with Crippen LogP contribution in [-0.4, -0.2) is 13.2 Å². The molecule has 1 unspecified atom stereocenters. The molecule has 2 nitrogen and oxygen atoms in total. The van der Waals surface area contributed by atoms with Crippen LogP contribution < -0.4 is 5.32 Å². The van der Waals surface area contributed by atoms with Crippen molar-refractivity contribution in [1.82, 2.24) is 5.32 Å². The van der Waals surface area contributed by atoms with Crippen LogP contribution in [0.1, 0.15) is 11.8 Å². The Morgan fingerprint density at radius 3 is 2.47 bits per heavy atom. The van der Waals surface area contributed by atoms with Crippen molar-refractivity contribution >= 4 is 0 Å². The van der Waals surface area contributed by atoms with E-state index in [1.54, 1.807) is 0 Å². The van der Waals surface area contributed by atoms with Crippen LogP contribution in [0.2, 0.25) is 0 Å². The predicted molar refractivity (Wildman–Crippen MR) is 68.6 cm³/mol. The summed E-state index contributed by atoms with van der Waals surface area (Å²) in [5.74, 6) is 0. The Kier molecular flexibility index (Phi) is 2.90. The molecule has 0 aromatic heterocycles. The Morgan fingerprint density at radius 1 is 0.941 bits per heavy atom. The average Bonchev–Trinajstić information content (AvgIpc) is 2.94. The summed E-state index contributed by atoms with van der Waals surface area (Å²) in [6.45, 7) is 1.71. The van der Waals surface area contributed by atoms with E-state index in [2.05, 4.69) is 53.8 Å². The number of hydrogen-bond donors (Lipinski definition) is 1. The van der Waals surface area contributed by atoms with E-state index in [0.29, 0.717) is 0 Å². The molecule has 86 valence electrons. The first-order chi connectivity index (χ1) is 8.45. The molecule has 1 saturated heterocycles. The third kappa shape index (κ3) is 2.09. The lowest BCUT2D eigenvalue weighted by molar-refractivity contribution is 0.102. The van der Waals surface area contributed by atoms with Gasteiger partial charge >= 0.3 is 0 Å². The summed E-state index contributed by atoms with van der Waals surface area (Å²) in [6, 6.07) is 18.8. The molecule has 2 heteroatoms. The number of rotatable bonds is 2. The highest BCUT2D eigenvalue weighted by molar-refractivity contribution is 5.67. The minimum atomic E-state index is 0.0337. The minimum absolute atomic E-state index is 0.0337. The zero-order valence-electron chi connectivity index (χ0n) is 9.60. The lowest BCUT2D eigenvalue weighted by Gasteiger charge is -2.15. The maximum Gasteiger partial charge on any atom is 0.135 e.